The van der Waals surface area contributed by atoms with E-state index in [1.807, 2.05) is 13.8 Å². The molecular formula is C14H21ClN2O3. The number of halogens is 1. The molecule has 1 aromatic rings. The van der Waals surface area contributed by atoms with E-state index in [0.717, 1.165) is 0 Å². The van der Waals surface area contributed by atoms with Gasteiger partial charge < -0.3 is 20.9 Å². The molecular weight excluding hydrogens is 280 g/mol. The van der Waals surface area contributed by atoms with Crippen molar-refractivity contribution in [3.8, 4) is 5.75 Å². The molecule has 2 atom stereocenters. The molecule has 0 bridgehead atoms. The summed E-state index contributed by atoms with van der Waals surface area (Å²) < 4.78 is 5.41. The lowest BCUT2D eigenvalue weighted by Crippen LogP contribution is -2.48. The minimum atomic E-state index is -0.741. The van der Waals surface area contributed by atoms with Gasteiger partial charge in [0.1, 0.15) is 18.5 Å². The average molecular weight is 301 g/mol. The van der Waals surface area contributed by atoms with Crippen LogP contribution in [-0.4, -0.2) is 36.3 Å². The predicted octanol–water partition coefficient (Wildman–Crippen LogP) is 1.18. The van der Waals surface area contributed by atoms with Gasteiger partial charge in [0.15, 0.2) is 0 Å². The van der Waals surface area contributed by atoms with Crippen LogP contribution in [0.15, 0.2) is 24.3 Å². The maximum absolute atomic E-state index is 11.2. The molecule has 0 aliphatic rings. The van der Waals surface area contributed by atoms with Gasteiger partial charge in [-0.25, -0.2) is 0 Å². The van der Waals surface area contributed by atoms with E-state index in [1.165, 1.54) is 0 Å². The Bertz CT molecular complexity index is 440. The molecule has 0 fully saturated rings. The number of benzene rings is 1. The Morgan fingerprint density at radius 2 is 2.20 bits per heavy atom. The molecule has 2 unspecified atom stereocenters. The van der Waals surface area contributed by atoms with E-state index in [9.17, 15) is 9.90 Å². The summed E-state index contributed by atoms with van der Waals surface area (Å²) in [6.45, 7) is 4.11. The fourth-order valence-electron chi connectivity index (χ4n) is 1.74. The molecule has 0 aromatic heterocycles. The first-order chi connectivity index (χ1) is 9.40. The highest BCUT2D eigenvalue weighted by Gasteiger charge is 2.19. The maximum atomic E-state index is 11.2. The van der Waals surface area contributed by atoms with Gasteiger partial charge in [0.05, 0.1) is 6.04 Å². The van der Waals surface area contributed by atoms with Gasteiger partial charge in [-0.05, 0) is 24.1 Å². The zero-order chi connectivity index (χ0) is 15.1. The molecule has 5 nitrogen and oxygen atoms in total. The Morgan fingerprint density at radius 1 is 1.50 bits per heavy atom. The maximum Gasteiger partial charge on any atom is 0.234 e. The number of carbonyl (C=O) groups is 1. The number of aliphatic hydroxyl groups excluding tert-OH is 1. The molecule has 1 amide bonds. The zero-order valence-electron chi connectivity index (χ0n) is 11.7. The van der Waals surface area contributed by atoms with Crippen LogP contribution < -0.4 is 15.8 Å². The minimum Gasteiger partial charge on any atom is -0.491 e. The average Bonchev–Trinajstić information content (AvgIpc) is 2.35. The van der Waals surface area contributed by atoms with Crippen molar-refractivity contribution in [2.75, 3.05) is 13.2 Å². The molecule has 0 spiro atoms. The number of nitrogens with one attached hydrogen (secondary N) is 1. The van der Waals surface area contributed by atoms with Crippen molar-refractivity contribution in [1.82, 2.24) is 5.32 Å². The van der Waals surface area contributed by atoms with Crippen LogP contribution in [0, 0.1) is 5.92 Å². The Labute approximate surface area is 124 Å². The Morgan fingerprint density at radius 3 is 2.75 bits per heavy atom. The summed E-state index contributed by atoms with van der Waals surface area (Å²) in [7, 11) is 0. The van der Waals surface area contributed by atoms with E-state index in [2.05, 4.69) is 5.32 Å². The number of amides is 1. The second-order valence-electron chi connectivity index (χ2n) is 4.95. The number of hydrogen-bond acceptors (Lipinski definition) is 4. The number of carbonyl (C=O) groups excluding carboxylic acids is 1. The Kier molecular flexibility index (Phi) is 6.78. The van der Waals surface area contributed by atoms with Crippen molar-refractivity contribution in [2.45, 2.75) is 26.0 Å². The highest BCUT2D eigenvalue weighted by atomic mass is 35.5. The molecule has 0 saturated carbocycles. The van der Waals surface area contributed by atoms with E-state index in [0.29, 0.717) is 10.8 Å². The molecule has 0 aliphatic heterocycles. The summed E-state index contributed by atoms with van der Waals surface area (Å²) in [5.74, 6) is 0.225. The SMILES string of the molecule is CC(C)C(NCC(O)COc1cccc(Cl)c1)C(N)=O. The van der Waals surface area contributed by atoms with Crippen molar-refractivity contribution in [3.05, 3.63) is 29.3 Å². The summed E-state index contributed by atoms with van der Waals surface area (Å²) in [5.41, 5.74) is 5.28. The summed E-state index contributed by atoms with van der Waals surface area (Å²) in [6.07, 6.45) is -0.741. The van der Waals surface area contributed by atoms with Gasteiger partial charge in [0.2, 0.25) is 5.91 Å². The van der Waals surface area contributed by atoms with Gasteiger partial charge >= 0.3 is 0 Å². The first kappa shape index (κ1) is 16.8. The van der Waals surface area contributed by atoms with Gasteiger partial charge in [-0.15, -0.1) is 0 Å². The molecule has 0 saturated heterocycles. The first-order valence-corrected chi connectivity index (χ1v) is 6.87. The molecule has 112 valence electrons. The first-order valence-electron chi connectivity index (χ1n) is 6.49. The van der Waals surface area contributed by atoms with Gasteiger partial charge in [0.25, 0.3) is 0 Å². The Hall–Kier alpha value is -1.30. The topological polar surface area (TPSA) is 84.6 Å². The van der Waals surface area contributed by atoms with Crippen LogP contribution in [0.3, 0.4) is 0 Å². The standard InChI is InChI=1S/C14H21ClN2O3/c1-9(2)13(14(16)19)17-7-11(18)8-20-12-5-3-4-10(15)6-12/h3-6,9,11,13,17-18H,7-8H2,1-2H3,(H2,16,19). The van der Waals surface area contributed by atoms with Crippen LogP contribution in [-0.2, 0) is 4.79 Å². The van der Waals surface area contributed by atoms with E-state index in [4.69, 9.17) is 22.1 Å². The van der Waals surface area contributed by atoms with Crippen LogP contribution in [0.2, 0.25) is 5.02 Å². The molecule has 4 N–H and O–H groups in total. The highest BCUT2D eigenvalue weighted by Crippen LogP contribution is 2.17. The third kappa shape index (κ3) is 5.77. The number of aliphatic hydroxyl groups is 1. The molecule has 6 heteroatoms. The number of nitrogens with two attached hydrogens (primary N) is 1. The normalized spacial score (nSPS) is 14.1. The lowest BCUT2D eigenvalue weighted by molar-refractivity contribution is -0.121. The molecule has 0 radical (unpaired) electrons. The molecule has 1 rings (SSSR count). The predicted molar refractivity (Wildman–Crippen MR) is 78.8 cm³/mol. The number of ether oxygens (including phenoxy) is 1. The Balaban J connectivity index is 2.36. The van der Waals surface area contributed by atoms with E-state index in [1.54, 1.807) is 24.3 Å². The largest absolute Gasteiger partial charge is 0.491 e. The molecule has 1 aromatic carbocycles. The third-order valence-electron chi connectivity index (χ3n) is 2.79. The number of rotatable bonds is 8. The van der Waals surface area contributed by atoms with Crippen molar-refractivity contribution < 1.29 is 14.6 Å². The molecule has 0 heterocycles. The monoisotopic (exact) mass is 300 g/mol. The van der Waals surface area contributed by atoms with Crippen LogP contribution in [0.5, 0.6) is 5.75 Å². The molecule has 0 aliphatic carbocycles. The number of hydrogen-bond donors (Lipinski definition) is 3. The van der Waals surface area contributed by atoms with E-state index in [-0.39, 0.29) is 19.1 Å². The van der Waals surface area contributed by atoms with Crippen molar-refractivity contribution in [1.29, 1.82) is 0 Å². The van der Waals surface area contributed by atoms with E-state index >= 15 is 0 Å². The second kappa shape index (κ2) is 8.09. The van der Waals surface area contributed by atoms with Crippen LogP contribution in [0.4, 0.5) is 0 Å². The third-order valence-corrected chi connectivity index (χ3v) is 3.02. The summed E-state index contributed by atoms with van der Waals surface area (Å²) in [5, 5.41) is 13.3. The van der Waals surface area contributed by atoms with Gasteiger partial charge in [-0.1, -0.05) is 31.5 Å². The van der Waals surface area contributed by atoms with Gasteiger partial charge in [0, 0.05) is 11.6 Å². The van der Waals surface area contributed by atoms with Crippen molar-refractivity contribution in [2.24, 2.45) is 11.7 Å². The second-order valence-corrected chi connectivity index (χ2v) is 5.39. The molecule has 20 heavy (non-hydrogen) atoms. The van der Waals surface area contributed by atoms with Crippen LogP contribution >= 0.6 is 11.6 Å². The fraction of sp³-hybridized carbons (Fsp3) is 0.500. The van der Waals surface area contributed by atoms with Gasteiger partial charge in [-0.3, -0.25) is 4.79 Å². The number of primary amides is 1. The summed E-state index contributed by atoms with van der Waals surface area (Å²) in [6, 6.07) is 6.47. The quantitative estimate of drug-likeness (QED) is 0.673. The highest BCUT2D eigenvalue weighted by molar-refractivity contribution is 6.30. The van der Waals surface area contributed by atoms with Crippen molar-refractivity contribution in [3.63, 3.8) is 0 Å². The summed E-state index contributed by atoms with van der Waals surface area (Å²) >= 11 is 5.83. The van der Waals surface area contributed by atoms with E-state index < -0.39 is 18.1 Å². The summed E-state index contributed by atoms with van der Waals surface area (Å²) in [4.78, 5) is 11.2. The van der Waals surface area contributed by atoms with Crippen molar-refractivity contribution >= 4 is 17.5 Å². The minimum absolute atomic E-state index is 0.0635. The van der Waals surface area contributed by atoms with Gasteiger partial charge in [-0.2, -0.15) is 0 Å². The fourth-order valence-corrected chi connectivity index (χ4v) is 1.92. The lowest BCUT2D eigenvalue weighted by Gasteiger charge is -2.21. The van der Waals surface area contributed by atoms with Crippen LogP contribution in [0.25, 0.3) is 0 Å². The lowest BCUT2D eigenvalue weighted by atomic mass is 10.0. The smallest absolute Gasteiger partial charge is 0.234 e. The van der Waals surface area contributed by atoms with Crippen LogP contribution in [0.1, 0.15) is 13.8 Å². The zero-order valence-corrected chi connectivity index (χ0v) is 12.4.